The van der Waals surface area contributed by atoms with Gasteiger partial charge in [0, 0.05) is 12.4 Å². The van der Waals surface area contributed by atoms with Crippen LogP contribution in [0.1, 0.15) is 22.3 Å². The van der Waals surface area contributed by atoms with Crippen molar-refractivity contribution in [3.63, 3.8) is 0 Å². The summed E-state index contributed by atoms with van der Waals surface area (Å²) < 4.78 is 0. The number of pyridine rings is 2. The molecular weight excluding hydrogens is 544 g/mol. The molecule has 0 bridgehead atoms. The molecule has 2 aliphatic rings. The van der Waals surface area contributed by atoms with E-state index in [0.29, 0.717) is 0 Å². The van der Waals surface area contributed by atoms with E-state index < -0.39 is 5.41 Å². The number of benzene rings is 6. The minimum Gasteiger partial charge on any atom is -0.255 e. The van der Waals surface area contributed by atoms with E-state index >= 15 is 0 Å². The highest BCUT2D eigenvalue weighted by molar-refractivity contribution is 6.12. The van der Waals surface area contributed by atoms with E-state index in [1.165, 1.54) is 71.6 Å². The van der Waals surface area contributed by atoms with Crippen molar-refractivity contribution in [2.24, 2.45) is 0 Å². The quantitative estimate of drug-likeness (QED) is 0.207. The van der Waals surface area contributed by atoms with Gasteiger partial charge in [-0.3, -0.25) is 9.97 Å². The molecule has 6 aromatic carbocycles. The first-order valence-corrected chi connectivity index (χ1v) is 15.5. The molecule has 2 heteroatoms. The van der Waals surface area contributed by atoms with Crippen LogP contribution in [-0.4, -0.2) is 9.97 Å². The molecule has 0 saturated heterocycles. The lowest BCUT2D eigenvalue weighted by atomic mass is 9.69. The summed E-state index contributed by atoms with van der Waals surface area (Å²) in [5.74, 6) is 0. The standard InChI is InChI=1S/C43H26N2/c1-2-12-28-24-38-35(23-27(28)11-1)42-33-16-4-3-13-30(33)34(29-20-22-45-41(25-29)40-19-9-10-21-44-40)26-39(42)43(38)36-17-7-5-14-31(36)32-15-6-8-18-37(32)43/h1-26H. The van der Waals surface area contributed by atoms with Crippen LogP contribution in [-0.2, 0) is 5.41 Å². The fourth-order valence-electron chi connectivity index (χ4n) is 8.17. The summed E-state index contributed by atoms with van der Waals surface area (Å²) in [6.45, 7) is 0. The van der Waals surface area contributed by atoms with E-state index in [1.807, 2.05) is 30.6 Å². The second-order valence-corrected chi connectivity index (χ2v) is 12.1. The molecule has 2 heterocycles. The minimum atomic E-state index is -0.433. The zero-order valence-electron chi connectivity index (χ0n) is 24.4. The van der Waals surface area contributed by atoms with Crippen molar-refractivity contribution in [3.8, 4) is 44.8 Å². The van der Waals surface area contributed by atoms with Crippen molar-refractivity contribution in [3.05, 3.63) is 180 Å². The zero-order chi connectivity index (χ0) is 29.5. The minimum absolute atomic E-state index is 0.433. The maximum absolute atomic E-state index is 4.72. The van der Waals surface area contributed by atoms with E-state index in [1.54, 1.807) is 0 Å². The highest BCUT2D eigenvalue weighted by Crippen LogP contribution is 2.64. The van der Waals surface area contributed by atoms with Crippen molar-refractivity contribution in [1.82, 2.24) is 9.97 Å². The summed E-state index contributed by atoms with van der Waals surface area (Å²) in [7, 11) is 0. The van der Waals surface area contributed by atoms with Gasteiger partial charge in [-0.05, 0) is 120 Å². The van der Waals surface area contributed by atoms with E-state index in [2.05, 4.69) is 132 Å². The van der Waals surface area contributed by atoms with Crippen molar-refractivity contribution >= 4 is 21.5 Å². The van der Waals surface area contributed by atoms with Gasteiger partial charge in [0.25, 0.3) is 0 Å². The summed E-state index contributed by atoms with van der Waals surface area (Å²) in [5, 5.41) is 5.05. The van der Waals surface area contributed by atoms with Crippen LogP contribution >= 0.6 is 0 Å². The third kappa shape index (κ3) is 3.23. The third-order valence-corrected chi connectivity index (χ3v) is 9.96. The number of fused-ring (bicyclic) bond motifs is 13. The molecule has 0 fully saturated rings. The van der Waals surface area contributed by atoms with Crippen LogP contribution in [0.5, 0.6) is 0 Å². The lowest BCUT2D eigenvalue weighted by molar-refractivity contribution is 0.796. The molecule has 0 saturated carbocycles. The molecule has 2 nitrogen and oxygen atoms in total. The maximum atomic E-state index is 4.72. The van der Waals surface area contributed by atoms with Gasteiger partial charge in [0.2, 0.25) is 0 Å². The Morgan fingerprint density at radius 3 is 1.78 bits per heavy atom. The molecule has 0 unspecified atom stereocenters. The van der Waals surface area contributed by atoms with Crippen molar-refractivity contribution < 1.29 is 0 Å². The smallest absolute Gasteiger partial charge is 0.0892 e. The Labute approximate surface area is 261 Å². The Balaban J connectivity index is 1.37. The number of hydrogen-bond acceptors (Lipinski definition) is 2. The Kier molecular flexibility index (Phi) is 4.95. The molecule has 0 atom stereocenters. The van der Waals surface area contributed by atoms with Crippen LogP contribution in [0.4, 0.5) is 0 Å². The lowest BCUT2D eigenvalue weighted by Crippen LogP contribution is -2.26. The van der Waals surface area contributed by atoms with Gasteiger partial charge >= 0.3 is 0 Å². The number of nitrogens with zero attached hydrogens (tertiary/aromatic N) is 2. The van der Waals surface area contributed by atoms with Gasteiger partial charge in [-0.2, -0.15) is 0 Å². The number of aromatic nitrogens is 2. The van der Waals surface area contributed by atoms with Crippen molar-refractivity contribution in [2.45, 2.75) is 5.41 Å². The molecule has 1 spiro atoms. The summed E-state index contributed by atoms with van der Waals surface area (Å²) in [5.41, 5.74) is 14.4. The normalized spacial score (nSPS) is 13.5. The SMILES string of the molecule is c1ccc(-c2cc(-c3cc4c(c5ccccc35)-c3cc5ccccc5cc3C43c4ccccc4-c4ccccc43)ccn2)nc1. The van der Waals surface area contributed by atoms with Gasteiger partial charge < -0.3 is 0 Å². The summed E-state index contributed by atoms with van der Waals surface area (Å²) in [6, 6.07) is 53.4. The van der Waals surface area contributed by atoms with Gasteiger partial charge in [-0.15, -0.1) is 0 Å². The summed E-state index contributed by atoms with van der Waals surface area (Å²) in [4.78, 5) is 9.32. The summed E-state index contributed by atoms with van der Waals surface area (Å²) >= 11 is 0. The van der Waals surface area contributed by atoms with Crippen LogP contribution in [0.25, 0.3) is 66.3 Å². The van der Waals surface area contributed by atoms with E-state index in [0.717, 1.165) is 17.0 Å². The van der Waals surface area contributed by atoms with Crippen LogP contribution < -0.4 is 0 Å². The maximum Gasteiger partial charge on any atom is 0.0892 e. The molecular formula is C43H26N2. The van der Waals surface area contributed by atoms with E-state index in [-0.39, 0.29) is 0 Å². The molecule has 10 rings (SSSR count). The van der Waals surface area contributed by atoms with Gasteiger partial charge in [0.15, 0.2) is 0 Å². The average Bonchev–Trinajstić information content (AvgIpc) is 3.57. The predicted molar refractivity (Wildman–Crippen MR) is 184 cm³/mol. The fourth-order valence-corrected chi connectivity index (χ4v) is 8.17. The Morgan fingerprint density at radius 2 is 1.02 bits per heavy atom. The lowest BCUT2D eigenvalue weighted by Gasteiger charge is -2.31. The highest BCUT2D eigenvalue weighted by atomic mass is 14.8. The van der Waals surface area contributed by atoms with Gasteiger partial charge in [-0.1, -0.05) is 103 Å². The molecule has 2 aromatic heterocycles. The molecule has 45 heavy (non-hydrogen) atoms. The van der Waals surface area contributed by atoms with Crippen LogP contribution in [0.3, 0.4) is 0 Å². The first-order valence-electron chi connectivity index (χ1n) is 15.5. The zero-order valence-corrected chi connectivity index (χ0v) is 24.4. The van der Waals surface area contributed by atoms with Crippen molar-refractivity contribution in [2.75, 3.05) is 0 Å². The molecule has 0 radical (unpaired) electrons. The van der Waals surface area contributed by atoms with Gasteiger partial charge in [-0.25, -0.2) is 0 Å². The van der Waals surface area contributed by atoms with E-state index in [4.69, 9.17) is 4.98 Å². The monoisotopic (exact) mass is 570 g/mol. The second kappa shape index (κ2) is 9.07. The molecule has 0 aliphatic heterocycles. The number of hydrogen-bond donors (Lipinski definition) is 0. The Bertz CT molecular complexity index is 2450. The molecule has 2 aliphatic carbocycles. The largest absolute Gasteiger partial charge is 0.255 e. The first kappa shape index (κ1) is 24.6. The van der Waals surface area contributed by atoms with Gasteiger partial charge in [0.1, 0.15) is 0 Å². The topological polar surface area (TPSA) is 25.8 Å². The Hall–Kier alpha value is -5.86. The second-order valence-electron chi connectivity index (χ2n) is 12.1. The average molecular weight is 571 g/mol. The molecule has 8 aromatic rings. The van der Waals surface area contributed by atoms with E-state index in [9.17, 15) is 0 Å². The molecule has 0 N–H and O–H groups in total. The third-order valence-electron chi connectivity index (χ3n) is 9.96. The Morgan fingerprint density at radius 1 is 0.378 bits per heavy atom. The molecule has 0 amide bonds. The predicted octanol–water partition coefficient (Wildman–Crippen LogP) is 10.5. The first-order chi connectivity index (χ1) is 22.3. The van der Waals surface area contributed by atoms with Crippen molar-refractivity contribution in [1.29, 1.82) is 0 Å². The van der Waals surface area contributed by atoms with Crippen LogP contribution in [0.2, 0.25) is 0 Å². The van der Waals surface area contributed by atoms with Crippen LogP contribution in [0.15, 0.2) is 158 Å². The summed E-state index contributed by atoms with van der Waals surface area (Å²) in [6.07, 6.45) is 3.74. The van der Waals surface area contributed by atoms with Gasteiger partial charge in [0.05, 0.1) is 16.8 Å². The highest BCUT2D eigenvalue weighted by Gasteiger charge is 2.52. The fraction of sp³-hybridized carbons (Fsp3) is 0.0233. The number of rotatable bonds is 2. The molecule has 208 valence electrons. The van der Waals surface area contributed by atoms with Crippen LogP contribution in [0, 0.1) is 0 Å².